The Labute approximate surface area is 130 Å². The fourth-order valence-corrected chi connectivity index (χ4v) is 2.20. The van der Waals surface area contributed by atoms with Crippen molar-refractivity contribution >= 4 is 5.97 Å². The SMILES string of the molecule is COc1ccccc1C[C@H](Oc1ccc(C)c(C)c1)C(=O)O. The molecular formula is C18H20O4. The molecule has 0 heterocycles. The number of rotatable bonds is 6. The molecule has 0 saturated heterocycles. The van der Waals surface area contributed by atoms with Crippen molar-refractivity contribution in [3.63, 3.8) is 0 Å². The van der Waals surface area contributed by atoms with Crippen LogP contribution in [-0.4, -0.2) is 24.3 Å². The van der Waals surface area contributed by atoms with E-state index in [1.807, 2.05) is 50.2 Å². The van der Waals surface area contributed by atoms with Gasteiger partial charge in [0.05, 0.1) is 7.11 Å². The molecule has 0 radical (unpaired) electrons. The summed E-state index contributed by atoms with van der Waals surface area (Å²) in [5.41, 5.74) is 3.02. The second-order valence-corrected chi connectivity index (χ2v) is 5.21. The third-order valence-corrected chi connectivity index (χ3v) is 3.63. The standard InChI is InChI=1S/C18H20O4/c1-12-8-9-15(10-13(12)2)22-17(18(19)20)11-14-6-4-5-7-16(14)21-3/h4-10,17H,11H2,1-3H3,(H,19,20)/t17-/m0/s1. The monoisotopic (exact) mass is 300 g/mol. The third-order valence-electron chi connectivity index (χ3n) is 3.63. The zero-order chi connectivity index (χ0) is 16.1. The van der Waals surface area contributed by atoms with Crippen LogP contribution in [0.25, 0.3) is 0 Å². The Morgan fingerprint density at radius 1 is 1.14 bits per heavy atom. The first-order chi connectivity index (χ1) is 10.5. The molecule has 0 aliphatic heterocycles. The maximum Gasteiger partial charge on any atom is 0.345 e. The maximum absolute atomic E-state index is 11.5. The molecule has 2 aromatic rings. The Kier molecular flexibility index (Phi) is 5.04. The van der Waals surface area contributed by atoms with Gasteiger partial charge in [-0.3, -0.25) is 0 Å². The van der Waals surface area contributed by atoms with E-state index in [2.05, 4.69) is 0 Å². The van der Waals surface area contributed by atoms with Gasteiger partial charge >= 0.3 is 5.97 Å². The van der Waals surface area contributed by atoms with Crippen molar-refractivity contribution in [2.45, 2.75) is 26.4 Å². The maximum atomic E-state index is 11.5. The van der Waals surface area contributed by atoms with Crippen molar-refractivity contribution in [1.82, 2.24) is 0 Å². The van der Waals surface area contributed by atoms with Crippen LogP contribution in [0.15, 0.2) is 42.5 Å². The van der Waals surface area contributed by atoms with Crippen LogP contribution in [0.2, 0.25) is 0 Å². The molecule has 22 heavy (non-hydrogen) atoms. The summed E-state index contributed by atoms with van der Waals surface area (Å²) in [6.07, 6.45) is -0.717. The molecule has 0 saturated carbocycles. The summed E-state index contributed by atoms with van der Waals surface area (Å²) in [7, 11) is 1.57. The summed E-state index contributed by atoms with van der Waals surface area (Å²) in [5.74, 6) is 0.229. The van der Waals surface area contributed by atoms with Crippen LogP contribution >= 0.6 is 0 Å². The van der Waals surface area contributed by atoms with Crippen molar-refractivity contribution in [3.05, 3.63) is 59.2 Å². The highest BCUT2D eigenvalue weighted by molar-refractivity contribution is 5.73. The summed E-state index contributed by atoms with van der Waals surface area (Å²) < 4.78 is 10.9. The highest BCUT2D eigenvalue weighted by Gasteiger charge is 2.22. The van der Waals surface area contributed by atoms with Crippen molar-refractivity contribution < 1.29 is 19.4 Å². The molecular weight excluding hydrogens is 280 g/mol. The number of para-hydroxylation sites is 1. The van der Waals surface area contributed by atoms with Gasteiger partial charge in [0.2, 0.25) is 0 Å². The van der Waals surface area contributed by atoms with E-state index >= 15 is 0 Å². The molecule has 0 aliphatic rings. The van der Waals surface area contributed by atoms with E-state index in [1.54, 1.807) is 13.2 Å². The highest BCUT2D eigenvalue weighted by Crippen LogP contribution is 2.22. The number of carbonyl (C=O) groups is 1. The fourth-order valence-electron chi connectivity index (χ4n) is 2.20. The van der Waals surface area contributed by atoms with E-state index in [9.17, 15) is 9.90 Å². The Balaban J connectivity index is 2.20. The van der Waals surface area contributed by atoms with Gasteiger partial charge in [-0.05, 0) is 48.7 Å². The molecule has 0 amide bonds. The average Bonchev–Trinajstić information content (AvgIpc) is 2.50. The molecule has 1 atom stereocenters. The lowest BCUT2D eigenvalue weighted by molar-refractivity contribution is -0.145. The van der Waals surface area contributed by atoms with Gasteiger partial charge in [-0.1, -0.05) is 24.3 Å². The molecule has 0 aliphatic carbocycles. The van der Waals surface area contributed by atoms with Crippen LogP contribution in [0, 0.1) is 13.8 Å². The van der Waals surface area contributed by atoms with Crippen molar-refractivity contribution in [2.75, 3.05) is 7.11 Å². The van der Waals surface area contributed by atoms with Gasteiger partial charge in [0.15, 0.2) is 6.10 Å². The minimum absolute atomic E-state index is 0.242. The number of methoxy groups -OCH3 is 1. The molecule has 4 heteroatoms. The first kappa shape index (κ1) is 15.9. The third kappa shape index (κ3) is 3.79. The lowest BCUT2D eigenvalue weighted by Crippen LogP contribution is -2.29. The minimum Gasteiger partial charge on any atom is -0.496 e. The second kappa shape index (κ2) is 6.98. The van der Waals surface area contributed by atoms with Crippen LogP contribution in [0.4, 0.5) is 0 Å². The molecule has 116 valence electrons. The van der Waals surface area contributed by atoms with Gasteiger partial charge in [0.25, 0.3) is 0 Å². The molecule has 0 aromatic heterocycles. The molecule has 0 unspecified atom stereocenters. The highest BCUT2D eigenvalue weighted by atomic mass is 16.5. The van der Waals surface area contributed by atoms with E-state index in [0.717, 1.165) is 16.7 Å². The zero-order valence-electron chi connectivity index (χ0n) is 13.0. The summed E-state index contributed by atoms with van der Waals surface area (Å²) >= 11 is 0. The van der Waals surface area contributed by atoms with Gasteiger partial charge in [-0.25, -0.2) is 4.79 Å². The average molecular weight is 300 g/mol. The Bertz CT molecular complexity index is 664. The number of hydrogen-bond donors (Lipinski definition) is 1. The van der Waals surface area contributed by atoms with Gasteiger partial charge in [-0.15, -0.1) is 0 Å². The first-order valence-corrected chi connectivity index (χ1v) is 7.10. The molecule has 2 rings (SSSR count). The lowest BCUT2D eigenvalue weighted by Gasteiger charge is -2.17. The molecule has 2 aromatic carbocycles. The Hall–Kier alpha value is -2.49. The van der Waals surface area contributed by atoms with E-state index in [0.29, 0.717) is 11.5 Å². The lowest BCUT2D eigenvalue weighted by atomic mass is 10.1. The number of carboxylic acids is 1. The van der Waals surface area contributed by atoms with Gasteiger partial charge in [0.1, 0.15) is 11.5 Å². The summed E-state index contributed by atoms with van der Waals surface area (Å²) in [6.45, 7) is 3.97. The van der Waals surface area contributed by atoms with Crippen LogP contribution in [0.3, 0.4) is 0 Å². The van der Waals surface area contributed by atoms with E-state index in [-0.39, 0.29) is 6.42 Å². The number of hydrogen-bond acceptors (Lipinski definition) is 3. The number of aryl methyl sites for hydroxylation is 2. The Morgan fingerprint density at radius 3 is 2.50 bits per heavy atom. The number of ether oxygens (including phenoxy) is 2. The van der Waals surface area contributed by atoms with Crippen LogP contribution < -0.4 is 9.47 Å². The second-order valence-electron chi connectivity index (χ2n) is 5.21. The predicted octanol–water partition coefficient (Wildman–Crippen LogP) is 3.39. The molecule has 4 nitrogen and oxygen atoms in total. The van der Waals surface area contributed by atoms with E-state index in [1.165, 1.54) is 0 Å². The predicted molar refractivity (Wildman–Crippen MR) is 84.7 cm³/mol. The topological polar surface area (TPSA) is 55.8 Å². The first-order valence-electron chi connectivity index (χ1n) is 7.10. The largest absolute Gasteiger partial charge is 0.496 e. The van der Waals surface area contributed by atoms with Gasteiger partial charge in [0, 0.05) is 6.42 Å². The molecule has 1 N–H and O–H groups in total. The molecule has 0 bridgehead atoms. The zero-order valence-corrected chi connectivity index (χ0v) is 13.0. The molecule has 0 fully saturated rings. The Morgan fingerprint density at radius 2 is 1.86 bits per heavy atom. The number of carboxylic acid groups (broad SMARTS) is 1. The fraction of sp³-hybridized carbons (Fsp3) is 0.278. The quantitative estimate of drug-likeness (QED) is 0.888. The van der Waals surface area contributed by atoms with Crippen LogP contribution in [0.5, 0.6) is 11.5 Å². The van der Waals surface area contributed by atoms with Crippen molar-refractivity contribution in [3.8, 4) is 11.5 Å². The summed E-state index contributed by atoms with van der Waals surface area (Å²) in [5, 5.41) is 9.42. The van der Waals surface area contributed by atoms with Crippen molar-refractivity contribution in [2.24, 2.45) is 0 Å². The van der Waals surface area contributed by atoms with E-state index < -0.39 is 12.1 Å². The van der Waals surface area contributed by atoms with Gasteiger partial charge in [-0.2, -0.15) is 0 Å². The normalized spacial score (nSPS) is 11.8. The van der Waals surface area contributed by atoms with Gasteiger partial charge < -0.3 is 14.6 Å². The summed E-state index contributed by atoms with van der Waals surface area (Å²) in [4.78, 5) is 11.5. The number of benzene rings is 2. The van der Waals surface area contributed by atoms with Crippen LogP contribution in [-0.2, 0) is 11.2 Å². The molecule has 0 spiro atoms. The number of aliphatic carboxylic acids is 1. The summed E-state index contributed by atoms with van der Waals surface area (Å²) in [6, 6.07) is 12.9. The van der Waals surface area contributed by atoms with Crippen molar-refractivity contribution in [1.29, 1.82) is 0 Å². The minimum atomic E-state index is -0.996. The van der Waals surface area contributed by atoms with Crippen LogP contribution in [0.1, 0.15) is 16.7 Å². The smallest absolute Gasteiger partial charge is 0.345 e. The van der Waals surface area contributed by atoms with E-state index in [4.69, 9.17) is 9.47 Å².